The van der Waals surface area contributed by atoms with Gasteiger partial charge in [0.1, 0.15) is 11.9 Å². The Morgan fingerprint density at radius 3 is 2.61 bits per heavy atom. The van der Waals surface area contributed by atoms with Gasteiger partial charge in [-0.1, -0.05) is 0 Å². The van der Waals surface area contributed by atoms with Gasteiger partial charge in [0.15, 0.2) is 0 Å². The van der Waals surface area contributed by atoms with Crippen molar-refractivity contribution >= 4 is 29.3 Å². The summed E-state index contributed by atoms with van der Waals surface area (Å²) in [6.07, 6.45) is -1.04. The molecular formula is C19H22FN3O5. The minimum absolute atomic E-state index is 0.0662. The number of hydrogen-bond donors (Lipinski definition) is 1. The summed E-state index contributed by atoms with van der Waals surface area (Å²) in [5, 5.41) is 2.61. The van der Waals surface area contributed by atoms with E-state index in [0.29, 0.717) is 24.5 Å². The van der Waals surface area contributed by atoms with Crippen LogP contribution in [0.1, 0.15) is 6.92 Å². The Bertz CT molecular complexity index is 820. The topological polar surface area (TPSA) is 88.2 Å². The lowest BCUT2D eigenvalue weighted by molar-refractivity contribution is -0.142. The zero-order chi connectivity index (χ0) is 20.0. The molecule has 1 aromatic rings. The summed E-state index contributed by atoms with van der Waals surface area (Å²) < 4.78 is 24.7. The van der Waals surface area contributed by atoms with Crippen molar-refractivity contribution in [1.82, 2.24) is 5.32 Å². The molecule has 1 N–H and O–H groups in total. The highest BCUT2D eigenvalue weighted by molar-refractivity contribution is 5.90. The van der Waals surface area contributed by atoms with Crippen molar-refractivity contribution in [2.45, 2.75) is 13.0 Å². The molecule has 4 atom stereocenters. The minimum Gasteiger partial charge on any atom is -0.469 e. The molecular weight excluding hydrogens is 369 g/mol. The zero-order valence-electron chi connectivity index (χ0n) is 15.7. The normalized spacial score (nSPS) is 28.0. The van der Waals surface area contributed by atoms with Crippen LogP contribution in [0.25, 0.3) is 0 Å². The summed E-state index contributed by atoms with van der Waals surface area (Å²) >= 11 is 0. The van der Waals surface area contributed by atoms with Crippen molar-refractivity contribution in [2.24, 2.45) is 17.8 Å². The number of amides is 2. The molecule has 2 heterocycles. The first-order valence-corrected chi connectivity index (χ1v) is 9.24. The molecule has 0 aromatic heterocycles. The van der Waals surface area contributed by atoms with Gasteiger partial charge in [-0.3, -0.25) is 14.5 Å². The van der Waals surface area contributed by atoms with Crippen molar-refractivity contribution in [1.29, 1.82) is 0 Å². The van der Waals surface area contributed by atoms with Crippen LogP contribution in [0.15, 0.2) is 18.2 Å². The van der Waals surface area contributed by atoms with Crippen LogP contribution in [0.4, 0.5) is 20.6 Å². The molecule has 0 bridgehead atoms. The summed E-state index contributed by atoms with van der Waals surface area (Å²) in [6.45, 7) is 3.08. The SMILES string of the molecule is COC(=O)C1[C@H]2CN(c3ccc(N4C[C@H](CNC(C)=O)OC4=O)cc3F)C[C@@H]12. The van der Waals surface area contributed by atoms with Gasteiger partial charge >= 0.3 is 12.1 Å². The second-order valence-corrected chi connectivity index (χ2v) is 7.47. The van der Waals surface area contributed by atoms with E-state index in [1.807, 2.05) is 4.90 Å². The van der Waals surface area contributed by atoms with Crippen LogP contribution in [0.2, 0.25) is 0 Å². The fourth-order valence-electron chi connectivity index (χ4n) is 4.23. The highest BCUT2D eigenvalue weighted by Crippen LogP contribution is 2.53. The van der Waals surface area contributed by atoms with Gasteiger partial charge in [0, 0.05) is 20.0 Å². The molecule has 3 fully saturated rings. The number of carbonyl (C=O) groups excluding carboxylic acids is 3. The molecule has 8 nitrogen and oxygen atoms in total. The second kappa shape index (κ2) is 6.96. The number of nitrogens with zero attached hydrogens (tertiary/aromatic N) is 2. The maximum absolute atomic E-state index is 14.7. The third kappa shape index (κ3) is 3.25. The molecule has 1 aliphatic carbocycles. The largest absolute Gasteiger partial charge is 0.469 e. The van der Waals surface area contributed by atoms with Crippen LogP contribution >= 0.6 is 0 Å². The van der Waals surface area contributed by atoms with E-state index in [0.717, 1.165) is 0 Å². The number of cyclic esters (lactones) is 1. The number of fused-ring (bicyclic) bond motifs is 1. The Balaban J connectivity index is 1.40. The Morgan fingerprint density at radius 1 is 1.29 bits per heavy atom. The summed E-state index contributed by atoms with van der Waals surface area (Å²) in [4.78, 5) is 38.0. The summed E-state index contributed by atoms with van der Waals surface area (Å²) in [6, 6.07) is 4.65. The number of anilines is 2. The third-order valence-electron chi connectivity index (χ3n) is 5.70. The molecule has 1 unspecified atom stereocenters. The molecule has 4 rings (SSSR count). The van der Waals surface area contributed by atoms with Crippen molar-refractivity contribution in [2.75, 3.05) is 43.1 Å². The molecule has 28 heavy (non-hydrogen) atoms. The van der Waals surface area contributed by atoms with Crippen molar-refractivity contribution in [3.8, 4) is 0 Å². The summed E-state index contributed by atoms with van der Waals surface area (Å²) in [7, 11) is 1.39. The Morgan fingerprint density at radius 2 is 2.00 bits per heavy atom. The average Bonchev–Trinajstić information content (AvgIpc) is 2.99. The van der Waals surface area contributed by atoms with E-state index < -0.39 is 18.0 Å². The van der Waals surface area contributed by atoms with E-state index in [2.05, 4.69) is 5.32 Å². The molecule has 2 aliphatic heterocycles. The van der Waals surface area contributed by atoms with Gasteiger partial charge in [0.25, 0.3) is 0 Å². The van der Waals surface area contributed by atoms with Crippen molar-refractivity contribution in [3.05, 3.63) is 24.0 Å². The standard InChI is InChI=1S/C19H22FN3O5/c1-10(24)21-6-12-7-23(19(26)28-12)11-3-4-16(15(20)5-11)22-8-13-14(9-22)17(13)18(25)27-2/h3-5,12-14,17H,6-9H2,1-2H3,(H,21,24)/t12-,13-,14+,17?/m0/s1. The molecule has 1 aromatic carbocycles. The van der Waals surface area contributed by atoms with E-state index in [9.17, 15) is 18.8 Å². The highest BCUT2D eigenvalue weighted by atomic mass is 19.1. The predicted molar refractivity (Wildman–Crippen MR) is 97.4 cm³/mol. The first-order chi connectivity index (χ1) is 13.4. The highest BCUT2D eigenvalue weighted by Gasteiger charge is 2.60. The molecule has 0 spiro atoms. The van der Waals surface area contributed by atoms with Gasteiger partial charge in [-0.2, -0.15) is 0 Å². The number of carbonyl (C=O) groups is 3. The monoisotopic (exact) mass is 391 g/mol. The van der Waals surface area contributed by atoms with Gasteiger partial charge in [0.05, 0.1) is 37.5 Å². The number of esters is 1. The smallest absolute Gasteiger partial charge is 0.414 e. The average molecular weight is 391 g/mol. The lowest BCUT2D eigenvalue weighted by atomic mass is 10.2. The molecule has 150 valence electrons. The van der Waals surface area contributed by atoms with Crippen LogP contribution in [0, 0.1) is 23.6 Å². The van der Waals surface area contributed by atoms with Crippen molar-refractivity contribution < 1.29 is 28.2 Å². The minimum atomic E-state index is -0.564. The quantitative estimate of drug-likeness (QED) is 0.758. The Kier molecular flexibility index (Phi) is 4.60. The Hall–Kier alpha value is -2.84. The number of nitrogens with one attached hydrogen (secondary N) is 1. The van der Waals surface area contributed by atoms with E-state index in [1.54, 1.807) is 12.1 Å². The maximum Gasteiger partial charge on any atom is 0.414 e. The molecule has 0 radical (unpaired) electrons. The second-order valence-electron chi connectivity index (χ2n) is 7.47. The van der Waals surface area contributed by atoms with Crippen LogP contribution in [0.3, 0.4) is 0 Å². The van der Waals surface area contributed by atoms with Gasteiger partial charge in [-0.15, -0.1) is 0 Å². The van der Waals surface area contributed by atoms with E-state index in [-0.39, 0.29) is 42.7 Å². The van der Waals surface area contributed by atoms with Gasteiger partial charge in [0.2, 0.25) is 5.91 Å². The van der Waals surface area contributed by atoms with Gasteiger partial charge in [-0.05, 0) is 30.0 Å². The fourth-order valence-corrected chi connectivity index (χ4v) is 4.23. The number of piperidine rings is 1. The van der Waals surface area contributed by atoms with Crippen molar-refractivity contribution in [3.63, 3.8) is 0 Å². The molecule has 2 amide bonds. The van der Waals surface area contributed by atoms with Gasteiger partial charge in [-0.25, -0.2) is 9.18 Å². The molecule has 1 saturated carbocycles. The number of ether oxygens (including phenoxy) is 2. The predicted octanol–water partition coefficient (Wildman–Crippen LogP) is 1.14. The fraction of sp³-hybridized carbons (Fsp3) is 0.526. The van der Waals surface area contributed by atoms with Crippen LogP contribution in [-0.2, 0) is 19.1 Å². The number of halogens is 1. The number of methoxy groups -OCH3 is 1. The van der Waals surface area contributed by atoms with Gasteiger partial charge < -0.3 is 19.7 Å². The van der Waals surface area contributed by atoms with Crippen LogP contribution in [-0.4, -0.2) is 57.4 Å². The number of benzene rings is 1. The first-order valence-electron chi connectivity index (χ1n) is 9.24. The molecule has 3 aliphatic rings. The van der Waals surface area contributed by atoms with E-state index in [4.69, 9.17) is 9.47 Å². The Labute approximate surface area is 161 Å². The number of rotatable bonds is 5. The summed E-state index contributed by atoms with van der Waals surface area (Å²) in [5.41, 5.74) is 0.871. The lowest BCUT2D eigenvalue weighted by Crippen LogP contribution is -2.33. The zero-order valence-corrected chi connectivity index (χ0v) is 15.7. The van der Waals surface area contributed by atoms with Crippen LogP contribution < -0.4 is 15.1 Å². The van der Waals surface area contributed by atoms with E-state index in [1.165, 1.54) is 25.0 Å². The third-order valence-corrected chi connectivity index (χ3v) is 5.70. The number of hydrogen-bond acceptors (Lipinski definition) is 6. The maximum atomic E-state index is 14.7. The molecule has 2 saturated heterocycles. The first kappa shape index (κ1) is 18.5. The lowest BCUT2D eigenvalue weighted by Gasteiger charge is -2.23. The van der Waals surface area contributed by atoms with Crippen LogP contribution in [0.5, 0.6) is 0 Å². The molecule has 9 heteroatoms. The van der Waals surface area contributed by atoms with E-state index >= 15 is 0 Å². The summed E-state index contributed by atoms with van der Waals surface area (Å²) in [5.74, 6) is -0.450.